The maximum absolute atomic E-state index is 12.2. The molecule has 3 heterocycles. The minimum absolute atomic E-state index is 0.146. The molecular weight excluding hydrogens is 306 g/mol. The van der Waals surface area contributed by atoms with E-state index in [9.17, 15) is 4.79 Å². The summed E-state index contributed by atoms with van der Waals surface area (Å²) >= 11 is 0. The van der Waals surface area contributed by atoms with Gasteiger partial charge in [-0.25, -0.2) is 9.97 Å². The second-order valence-corrected chi connectivity index (χ2v) is 6.44. The van der Waals surface area contributed by atoms with E-state index in [0.29, 0.717) is 23.6 Å². The van der Waals surface area contributed by atoms with E-state index < -0.39 is 5.60 Å². The summed E-state index contributed by atoms with van der Waals surface area (Å²) in [5.74, 6) is 0.563. The SMILES string of the molecule is Cc1nn(C)cc1C(=O)NCc1cnc([C@@]2(C)CCCCO2)nc1. The van der Waals surface area contributed by atoms with Gasteiger partial charge in [0, 0.05) is 44.4 Å². The number of carbonyl (C=O) groups is 1. The minimum Gasteiger partial charge on any atom is -0.367 e. The maximum atomic E-state index is 12.2. The molecule has 1 N–H and O–H groups in total. The van der Waals surface area contributed by atoms with Crippen molar-refractivity contribution < 1.29 is 9.53 Å². The first-order valence-corrected chi connectivity index (χ1v) is 8.22. The summed E-state index contributed by atoms with van der Waals surface area (Å²) in [6.45, 7) is 4.99. The zero-order valence-electron chi connectivity index (χ0n) is 14.4. The first-order valence-electron chi connectivity index (χ1n) is 8.22. The summed E-state index contributed by atoms with van der Waals surface area (Å²) in [6.07, 6.45) is 8.37. The Morgan fingerprint density at radius 3 is 2.71 bits per heavy atom. The molecule has 2 aromatic heterocycles. The molecule has 24 heavy (non-hydrogen) atoms. The smallest absolute Gasteiger partial charge is 0.255 e. The van der Waals surface area contributed by atoms with Gasteiger partial charge in [0.05, 0.1) is 11.3 Å². The Balaban J connectivity index is 1.62. The van der Waals surface area contributed by atoms with Gasteiger partial charge in [-0.1, -0.05) is 0 Å². The molecule has 0 radical (unpaired) electrons. The second-order valence-electron chi connectivity index (χ2n) is 6.44. The number of rotatable bonds is 4. The number of hydrogen-bond acceptors (Lipinski definition) is 5. The molecule has 7 heteroatoms. The van der Waals surface area contributed by atoms with Crippen molar-refractivity contribution in [3.8, 4) is 0 Å². The highest BCUT2D eigenvalue weighted by atomic mass is 16.5. The number of hydrogen-bond donors (Lipinski definition) is 1. The van der Waals surface area contributed by atoms with Gasteiger partial charge in [-0.15, -0.1) is 0 Å². The maximum Gasteiger partial charge on any atom is 0.255 e. The molecule has 0 aliphatic carbocycles. The lowest BCUT2D eigenvalue weighted by molar-refractivity contribution is -0.0760. The number of amides is 1. The number of nitrogens with zero attached hydrogens (tertiary/aromatic N) is 4. The Kier molecular flexibility index (Phi) is 4.62. The van der Waals surface area contributed by atoms with Crippen LogP contribution in [0.25, 0.3) is 0 Å². The van der Waals surface area contributed by atoms with E-state index in [0.717, 1.165) is 31.4 Å². The Morgan fingerprint density at radius 2 is 2.12 bits per heavy atom. The third-order valence-corrected chi connectivity index (χ3v) is 4.36. The molecule has 2 aromatic rings. The van der Waals surface area contributed by atoms with Gasteiger partial charge in [-0.3, -0.25) is 9.48 Å². The quantitative estimate of drug-likeness (QED) is 0.926. The van der Waals surface area contributed by atoms with Crippen molar-refractivity contribution in [2.24, 2.45) is 7.05 Å². The van der Waals surface area contributed by atoms with Crippen molar-refractivity contribution >= 4 is 5.91 Å². The van der Waals surface area contributed by atoms with E-state index in [1.165, 1.54) is 0 Å². The zero-order valence-corrected chi connectivity index (χ0v) is 14.4. The number of ether oxygens (including phenoxy) is 1. The molecule has 1 atom stereocenters. The van der Waals surface area contributed by atoms with E-state index in [-0.39, 0.29) is 5.91 Å². The van der Waals surface area contributed by atoms with Gasteiger partial charge < -0.3 is 10.1 Å². The van der Waals surface area contributed by atoms with Crippen molar-refractivity contribution in [1.29, 1.82) is 0 Å². The van der Waals surface area contributed by atoms with Gasteiger partial charge in [-0.2, -0.15) is 5.10 Å². The summed E-state index contributed by atoms with van der Waals surface area (Å²) in [5.41, 5.74) is 1.75. The van der Waals surface area contributed by atoms with Gasteiger partial charge in [-0.05, 0) is 33.1 Å². The average molecular weight is 329 g/mol. The van der Waals surface area contributed by atoms with Crippen LogP contribution in [0.5, 0.6) is 0 Å². The molecule has 0 bridgehead atoms. The zero-order chi connectivity index (χ0) is 17.2. The molecule has 7 nitrogen and oxygen atoms in total. The fourth-order valence-electron chi connectivity index (χ4n) is 2.93. The molecule has 0 saturated carbocycles. The van der Waals surface area contributed by atoms with Crippen molar-refractivity contribution in [3.63, 3.8) is 0 Å². The predicted octanol–water partition coefficient (Wildman–Crippen LogP) is 1.86. The van der Waals surface area contributed by atoms with Crippen molar-refractivity contribution in [1.82, 2.24) is 25.1 Å². The summed E-state index contributed by atoms with van der Waals surface area (Å²) in [4.78, 5) is 21.1. The molecule has 1 saturated heterocycles. The Bertz CT molecular complexity index is 717. The van der Waals surface area contributed by atoms with E-state index in [1.54, 1.807) is 30.3 Å². The first-order chi connectivity index (χ1) is 11.5. The molecule has 1 aliphatic heterocycles. The van der Waals surface area contributed by atoms with E-state index in [2.05, 4.69) is 20.4 Å². The van der Waals surface area contributed by atoms with Crippen LogP contribution in [0.1, 0.15) is 53.6 Å². The van der Waals surface area contributed by atoms with Crippen LogP contribution in [0.15, 0.2) is 18.6 Å². The standard InChI is InChI=1S/C17H23N5O2/c1-12-14(11-22(3)21-12)15(23)18-8-13-9-19-16(20-10-13)17(2)6-4-5-7-24-17/h9-11H,4-8H2,1-3H3,(H,18,23)/t17-/m1/s1. The second kappa shape index (κ2) is 6.68. The van der Waals surface area contributed by atoms with E-state index in [4.69, 9.17) is 4.74 Å². The van der Waals surface area contributed by atoms with Crippen LogP contribution >= 0.6 is 0 Å². The summed E-state index contributed by atoms with van der Waals surface area (Å²) in [6, 6.07) is 0. The van der Waals surface area contributed by atoms with Crippen LogP contribution in [0.4, 0.5) is 0 Å². The average Bonchev–Trinajstić information content (AvgIpc) is 2.92. The minimum atomic E-state index is -0.396. The first kappa shape index (κ1) is 16.6. The van der Waals surface area contributed by atoms with E-state index in [1.807, 2.05) is 13.8 Å². The summed E-state index contributed by atoms with van der Waals surface area (Å²) in [5, 5.41) is 7.05. The lowest BCUT2D eigenvalue weighted by Crippen LogP contribution is -2.32. The third-order valence-electron chi connectivity index (χ3n) is 4.36. The summed E-state index contributed by atoms with van der Waals surface area (Å²) < 4.78 is 7.49. The van der Waals surface area contributed by atoms with Crippen LogP contribution in [0.3, 0.4) is 0 Å². The van der Waals surface area contributed by atoms with Crippen LogP contribution in [0.2, 0.25) is 0 Å². The topological polar surface area (TPSA) is 81.9 Å². The normalized spacial score (nSPS) is 20.8. The molecule has 0 unspecified atom stereocenters. The number of aryl methyl sites for hydroxylation is 2. The van der Waals surface area contributed by atoms with Gasteiger partial charge in [0.15, 0.2) is 5.82 Å². The van der Waals surface area contributed by atoms with Gasteiger partial charge in [0.1, 0.15) is 5.60 Å². The van der Waals surface area contributed by atoms with Crippen molar-refractivity contribution in [2.45, 2.75) is 45.3 Å². The highest BCUT2D eigenvalue weighted by Gasteiger charge is 2.32. The van der Waals surface area contributed by atoms with Crippen LogP contribution in [0, 0.1) is 6.92 Å². The predicted molar refractivity (Wildman–Crippen MR) is 88.3 cm³/mol. The van der Waals surface area contributed by atoms with Crippen LogP contribution in [-0.2, 0) is 23.9 Å². The lowest BCUT2D eigenvalue weighted by Gasteiger charge is -2.32. The van der Waals surface area contributed by atoms with Gasteiger partial charge in [0.25, 0.3) is 5.91 Å². The molecule has 128 valence electrons. The van der Waals surface area contributed by atoms with Crippen molar-refractivity contribution in [3.05, 3.63) is 41.2 Å². The van der Waals surface area contributed by atoms with Gasteiger partial charge >= 0.3 is 0 Å². The molecule has 1 amide bonds. The lowest BCUT2D eigenvalue weighted by atomic mass is 9.95. The Labute approximate surface area is 141 Å². The summed E-state index contributed by atoms with van der Waals surface area (Å²) in [7, 11) is 1.80. The van der Waals surface area contributed by atoms with Crippen LogP contribution in [-0.4, -0.2) is 32.3 Å². The molecule has 1 fully saturated rings. The van der Waals surface area contributed by atoms with Crippen molar-refractivity contribution in [2.75, 3.05) is 6.61 Å². The highest BCUT2D eigenvalue weighted by molar-refractivity contribution is 5.94. The number of nitrogens with one attached hydrogen (secondary N) is 1. The highest BCUT2D eigenvalue weighted by Crippen LogP contribution is 2.32. The van der Waals surface area contributed by atoms with Gasteiger partial charge in [0.2, 0.25) is 0 Å². The van der Waals surface area contributed by atoms with Crippen LogP contribution < -0.4 is 5.32 Å². The molecule has 0 aromatic carbocycles. The molecule has 1 aliphatic rings. The molecule has 3 rings (SSSR count). The van der Waals surface area contributed by atoms with E-state index >= 15 is 0 Å². The fourth-order valence-corrected chi connectivity index (χ4v) is 2.93. The fraction of sp³-hybridized carbons (Fsp3) is 0.529. The number of carbonyl (C=O) groups excluding carboxylic acids is 1. The molecular formula is C17H23N5O2. The Hall–Kier alpha value is -2.28. The number of aromatic nitrogens is 4. The Morgan fingerprint density at radius 1 is 1.38 bits per heavy atom. The third kappa shape index (κ3) is 3.46. The monoisotopic (exact) mass is 329 g/mol. The largest absolute Gasteiger partial charge is 0.367 e. The molecule has 0 spiro atoms.